The lowest BCUT2D eigenvalue weighted by atomic mass is 10.1. The van der Waals surface area contributed by atoms with Gasteiger partial charge in [-0.3, -0.25) is 0 Å². The Hall–Kier alpha value is -0.0800. The third-order valence-electron chi connectivity index (χ3n) is 3.54. The van der Waals surface area contributed by atoms with Gasteiger partial charge in [-0.15, -0.1) is 0 Å². The third kappa shape index (κ3) is 6.16. The Bertz CT molecular complexity index is 141. The molecular weight excluding hydrogens is 184 g/mol. The normalized spacial score (nSPS) is 14.2. The van der Waals surface area contributed by atoms with Gasteiger partial charge >= 0.3 is 0 Å². The lowest BCUT2D eigenvalue weighted by molar-refractivity contribution is 0.206. The average Bonchev–Trinajstić information content (AvgIpc) is 2.22. The van der Waals surface area contributed by atoms with E-state index in [1.807, 2.05) is 0 Å². The van der Waals surface area contributed by atoms with Crippen LogP contribution in [0.3, 0.4) is 0 Å². The van der Waals surface area contributed by atoms with Crippen LogP contribution < -0.4 is 5.32 Å². The van der Waals surface area contributed by atoms with E-state index in [1.54, 1.807) is 0 Å². The van der Waals surface area contributed by atoms with Gasteiger partial charge in [0.15, 0.2) is 0 Å². The first-order chi connectivity index (χ1) is 7.02. The minimum absolute atomic E-state index is 0.675. The fourth-order valence-electron chi connectivity index (χ4n) is 1.73. The van der Waals surface area contributed by atoms with Crippen LogP contribution >= 0.6 is 0 Å². The largest absolute Gasteiger partial charge is 0.313 e. The SMILES string of the molecule is CCC(CC)NCCN(C)C(C)C(C)C. The number of hydrogen-bond donors (Lipinski definition) is 1. The summed E-state index contributed by atoms with van der Waals surface area (Å²) in [6.45, 7) is 13.6. The molecule has 2 nitrogen and oxygen atoms in total. The summed E-state index contributed by atoms with van der Waals surface area (Å²) >= 11 is 0. The number of nitrogens with zero attached hydrogens (tertiary/aromatic N) is 1. The minimum Gasteiger partial charge on any atom is -0.313 e. The average molecular weight is 214 g/mol. The molecule has 0 saturated heterocycles. The van der Waals surface area contributed by atoms with Gasteiger partial charge in [-0.2, -0.15) is 0 Å². The number of likely N-dealkylation sites (N-methyl/N-ethyl adjacent to an activating group) is 1. The lowest BCUT2D eigenvalue weighted by Gasteiger charge is -2.28. The fourth-order valence-corrected chi connectivity index (χ4v) is 1.73. The van der Waals surface area contributed by atoms with Crippen LogP contribution in [0.2, 0.25) is 0 Å². The first-order valence-electron chi connectivity index (χ1n) is 6.46. The highest BCUT2D eigenvalue weighted by molar-refractivity contribution is 4.69. The maximum absolute atomic E-state index is 3.60. The van der Waals surface area contributed by atoms with Crippen LogP contribution in [0, 0.1) is 5.92 Å². The van der Waals surface area contributed by atoms with Crippen molar-refractivity contribution in [3.63, 3.8) is 0 Å². The van der Waals surface area contributed by atoms with E-state index >= 15 is 0 Å². The summed E-state index contributed by atoms with van der Waals surface area (Å²) in [5.41, 5.74) is 0. The van der Waals surface area contributed by atoms with Crippen molar-refractivity contribution in [2.24, 2.45) is 5.92 Å². The van der Waals surface area contributed by atoms with E-state index in [-0.39, 0.29) is 0 Å². The predicted molar refractivity (Wildman–Crippen MR) is 69.3 cm³/mol. The summed E-state index contributed by atoms with van der Waals surface area (Å²) in [5.74, 6) is 0.739. The molecule has 0 aromatic heterocycles. The third-order valence-corrected chi connectivity index (χ3v) is 3.54. The van der Waals surface area contributed by atoms with Crippen LogP contribution in [0.25, 0.3) is 0 Å². The second-order valence-corrected chi connectivity index (χ2v) is 4.93. The zero-order valence-corrected chi connectivity index (χ0v) is 11.5. The van der Waals surface area contributed by atoms with Crippen LogP contribution in [0.5, 0.6) is 0 Å². The van der Waals surface area contributed by atoms with Crippen molar-refractivity contribution in [2.45, 2.75) is 59.5 Å². The van der Waals surface area contributed by atoms with Crippen LogP contribution in [-0.2, 0) is 0 Å². The summed E-state index contributed by atoms with van der Waals surface area (Å²) in [6.07, 6.45) is 2.47. The molecule has 0 amide bonds. The van der Waals surface area contributed by atoms with E-state index in [4.69, 9.17) is 0 Å². The molecule has 0 aromatic rings. The highest BCUT2D eigenvalue weighted by Crippen LogP contribution is 2.07. The van der Waals surface area contributed by atoms with Crippen molar-refractivity contribution >= 4 is 0 Å². The predicted octanol–water partition coefficient (Wildman–Crippen LogP) is 2.74. The Labute approximate surface area is 96.4 Å². The smallest absolute Gasteiger partial charge is 0.0107 e. The van der Waals surface area contributed by atoms with Crippen molar-refractivity contribution in [1.29, 1.82) is 0 Å². The van der Waals surface area contributed by atoms with E-state index in [0.717, 1.165) is 19.0 Å². The van der Waals surface area contributed by atoms with Gasteiger partial charge in [0.2, 0.25) is 0 Å². The second-order valence-electron chi connectivity index (χ2n) is 4.93. The summed E-state index contributed by atoms with van der Waals surface area (Å²) in [6, 6.07) is 1.38. The fraction of sp³-hybridized carbons (Fsp3) is 1.00. The van der Waals surface area contributed by atoms with Crippen molar-refractivity contribution in [3.8, 4) is 0 Å². The molecule has 0 aliphatic heterocycles. The molecule has 0 rings (SSSR count). The van der Waals surface area contributed by atoms with Crippen LogP contribution in [0.1, 0.15) is 47.5 Å². The Kier molecular flexibility index (Phi) is 8.07. The molecule has 0 aliphatic carbocycles. The van der Waals surface area contributed by atoms with E-state index in [1.165, 1.54) is 12.8 Å². The second kappa shape index (κ2) is 8.12. The summed E-state index contributed by atoms with van der Waals surface area (Å²) < 4.78 is 0. The Morgan fingerprint density at radius 2 is 1.60 bits per heavy atom. The maximum atomic E-state index is 3.60. The summed E-state index contributed by atoms with van der Waals surface area (Å²) in [7, 11) is 2.22. The first-order valence-corrected chi connectivity index (χ1v) is 6.46. The van der Waals surface area contributed by atoms with Crippen molar-refractivity contribution < 1.29 is 0 Å². The molecule has 0 radical (unpaired) electrons. The van der Waals surface area contributed by atoms with E-state index in [2.05, 4.69) is 51.9 Å². The molecule has 0 fully saturated rings. The minimum atomic E-state index is 0.675. The molecule has 15 heavy (non-hydrogen) atoms. The van der Waals surface area contributed by atoms with Gasteiger partial charge in [0, 0.05) is 25.2 Å². The van der Waals surface area contributed by atoms with Gasteiger partial charge in [0.05, 0.1) is 0 Å². The lowest BCUT2D eigenvalue weighted by Crippen LogP contribution is -2.40. The first kappa shape index (κ1) is 14.9. The molecule has 0 heterocycles. The number of rotatable bonds is 8. The molecule has 0 bridgehead atoms. The van der Waals surface area contributed by atoms with Gasteiger partial charge in [-0.25, -0.2) is 0 Å². The van der Waals surface area contributed by atoms with Gasteiger partial charge in [0.1, 0.15) is 0 Å². The van der Waals surface area contributed by atoms with Gasteiger partial charge in [0.25, 0.3) is 0 Å². The number of nitrogens with one attached hydrogen (secondary N) is 1. The summed E-state index contributed by atoms with van der Waals surface area (Å²) in [5, 5.41) is 3.60. The topological polar surface area (TPSA) is 15.3 Å². The molecule has 0 spiro atoms. The molecule has 1 atom stereocenters. The van der Waals surface area contributed by atoms with Crippen LogP contribution in [-0.4, -0.2) is 37.1 Å². The van der Waals surface area contributed by atoms with E-state index < -0.39 is 0 Å². The highest BCUT2D eigenvalue weighted by atomic mass is 15.1. The molecule has 1 unspecified atom stereocenters. The zero-order valence-electron chi connectivity index (χ0n) is 11.5. The van der Waals surface area contributed by atoms with Crippen molar-refractivity contribution in [2.75, 3.05) is 20.1 Å². The summed E-state index contributed by atoms with van der Waals surface area (Å²) in [4.78, 5) is 2.44. The molecule has 1 N–H and O–H groups in total. The van der Waals surface area contributed by atoms with Gasteiger partial charge < -0.3 is 10.2 Å². The molecule has 2 heteroatoms. The maximum Gasteiger partial charge on any atom is 0.0107 e. The van der Waals surface area contributed by atoms with E-state index in [0.29, 0.717) is 12.1 Å². The van der Waals surface area contributed by atoms with Crippen molar-refractivity contribution in [1.82, 2.24) is 10.2 Å². The molecule has 92 valence electrons. The van der Waals surface area contributed by atoms with Gasteiger partial charge in [-0.1, -0.05) is 27.7 Å². The monoisotopic (exact) mass is 214 g/mol. The highest BCUT2D eigenvalue weighted by Gasteiger charge is 2.12. The Morgan fingerprint density at radius 1 is 1.07 bits per heavy atom. The Morgan fingerprint density at radius 3 is 2.00 bits per heavy atom. The van der Waals surface area contributed by atoms with Crippen LogP contribution in [0.4, 0.5) is 0 Å². The van der Waals surface area contributed by atoms with E-state index in [9.17, 15) is 0 Å². The van der Waals surface area contributed by atoms with Crippen LogP contribution in [0.15, 0.2) is 0 Å². The van der Waals surface area contributed by atoms with Crippen molar-refractivity contribution in [3.05, 3.63) is 0 Å². The molecule has 0 aliphatic rings. The zero-order chi connectivity index (χ0) is 11.8. The molecule has 0 saturated carbocycles. The number of hydrogen-bond acceptors (Lipinski definition) is 2. The quantitative estimate of drug-likeness (QED) is 0.668. The van der Waals surface area contributed by atoms with Gasteiger partial charge in [-0.05, 0) is 32.7 Å². The molecular formula is C13H30N2. The Balaban J connectivity index is 3.66. The standard InChI is InChI=1S/C13H30N2/c1-7-13(8-2)14-9-10-15(6)12(5)11(3)4/h11-14H,7-10H2,1-6H3. The molecule has 0 aromatic carbocycles.